The lowest BCUT2D eigenvalue weighted by atomic mass is 10.1. The molecule has 0 saturated carbocycles. The van der Waals surface area contributed by atoms with Gasteiger partial charge in [-0.15, -0.1) is 0 Å². The maximum atomic E-state index is 10.7. The maximum Gasteiger partial charge on any atom is 0.337 e. The largest absolute Gasteiger partial charge is 0.478 e. The molecule has 5 heteroatoms. The Morgan fingerprint density at radius 3 is 2.69 bits per heavy atom. The van der Waals surface area contributed by atoms with Crippen molar-refractivity contribution in [2.24, 2.45) is 0 Å². The highest BCUT2D eigenvalue weighted by Crippen LogP contribution is 2.25. The number of aromatic carboxylic acids is 1. The van der Waals surface area contributed by atoms with Crippen LogP contribution in [0.4, 0.5) is 0 Å². The van der Waals surface area contributed by atoms with Crippen LogP contribution in [0.2, 0.25) is 5.02 Å². The number of rotatable bonds is 1. The zero-order chi connectivity index (χ0) is 10.0. The molecule has 0 radical (unpaired) electrons. The number of hydrogen-bond donors (Lipinski definition) is 1. The molecule has 1 N–H and O–H groups in total. The number of carboxylic acid groups (broad SMARTS) is 1. The molecule has 0 aromatic heterocycles. The summed E-state index contributed by atoms with van der Waals surface area (Å²) in [6, 6.07) is 4.51. The predicted molar refractivity (Wildman–Crippen MR) is 50.8 cm³/mol. The van der Waals surface area contributed by atoms with E-state index in [4.69, 9.17) is 22.0 Å². The molecule has 0 spiro atoms. The number of benzene rings is 1. The minimum Gasteiger partial charge on any atom is -0.478 e. The van der Waals surface area contributed by atoms with Gasteiger partial charge in [-0.3, -0.25) is 0 Å². The van der Waals surface area contributed by atoms with Gasteiger partial charge in [-0.05, 0) is 28.1 Å². The lowest BCUT2D eigenvalue weighted by Crippen LogP contribution is -2.00. The molecule has 1 aromatic rings. The first-order chi connectivity index (χ1) is 6.06. The van der Waals surface area contributed by atoms with Crippen LogP contribution < -0.4 is 0 Å². The molecule has 66 valence electrons. The van der Waals surface area contributed by atoms with Gasteiger partial charge in [-0.2, -0.15) is 5.26 Å². The van der Waals surface area contributed by atoms with Crippen LogP contribution in [0.25, 0.3) is 0 Å². The topological polar surface area (TPSA) is 61.1 Å². The van der Waals surface area contributed by atoms with E-state index in [2.05, 4.69) is 15.9 Å². The Kier molecular flexibility index (Phi) is 2.91. The van der Waals surface area contributed by atoms with Crippen molar-refractivity contribution in [3.8, 4) is 6.07 Å². The zero-order valence-corrected chi connectivity index (χ0v) is 8.56. The summed E-state index contributed by atoms with van der Waals surface area (Å²) >= 11 is 8.68. The first kappa shape index (κ1) is 10.0. The second-order valence-electron chi connectivity index (χ2n) is 2.23. The summed E-state index contributed by atoms with van der Waals surface area (Å²) in [5.41, 5.74) is -0.0150. The summed E-state index contributed by atoms with van der Waals surface area (Å²) in [6.07, 6.45) is 0. The monoisotopic (exact) mass is 259 g/mol. The van der Waals surface area contributed by atoms with Crippen LogP contribution in [-0.4, -0.2) is 11.1 Å². The van der Waals surface area contributed by atoms with Gasteiger partial charge in [-0.25, -0.2) is 4.79 Å². The average molecular weight is 260 g/mol. The van der Waals surface area contributed by atoms with Crippen molar-refractivity contribution in [2.75, 3.05) is 0 Å². The number of nitrogens with zero attached hydrogens (tertiary/aromatic N) is 1. The predicted octanol–water partition coefficient (Wildman–Crippen LogP) is 2.67. The molecular weight excluding hydrogens is 257 g/mol. The van der Waals surface area contributed by atoms with Gasteiger partial charge in [0.25, 0.3) is 0 Å². The van der Waals surface area contributed by atoms with Gasteiger partial charge in [-0.1, -0.05) is 11.6 Å². The van der Waals surface area contributed by atoms with Crippen LogP contribution in [0.15, 0.2) is 16.6 Å². The lowest BCUT2D eigenvalue weighted by Gasteiger charge is -2.01. The van der Waals surface area contributed by atoms with Crippen LogP contribution in [0.1, 0.15) is 15.9 Å². The van der Waals surface area contributed by atoms with Gasteiger partial charge in [0.2, 0.25) is 0 Å². The highest BCUT2D eigenvalue weighted by molar-refractivity contribution is 9.10. The molecule has 13 heavy (non-hydrogen) atoms. The molecule has 0 fully saturated rings. The minimum atomic E-state index is -1.17. The molecule has 0 bridgehead atoms. The van der Waals surface area contributed by atoms with Gasteiger partial charge < -0.3 is 5.11 Å². The number of nitriles is 1. The third-order valence-electron chi connectivity index (χ3n) is 1.40. The van der Waals surface area contributed by atoms with E-state index in [0.29, 0.717) is 4.47 Å². The van der Waals surface area contributed by atoms with Gasteiger partial charge in [0.15, 0.2) is 0 Å². The standard InChI is InChI=1S/C8H3BrClNO2/c9-7-2-4(10)1-5(8(12)13)6(7)3-11/h1-2H,(H,12,13). The van der Waals surface area contributed by atoms with Crippen molar-refractivity contribution in [2.45, 2.75) is 0 Å². The Morgan fingerprint density at radius 2 is 2.23 bits per heavy atom. The smallest absolute Gasteiger partial charge is 0.337 e. The third-order valence-corrected chi connectivity index (χ3v) is 2.24. The summed E-state index contributed by atoms with van der Waals surface area (Å²) in [7, 11) is 0. The van der Waals surface area contributed by atoms with Crippen molar-refractivity contribution in [1.82, 2.24) is 0 Å². The number of carbonyl (C=O) groups is 1. The number of halogens is 2. The fraction of sp³-hybridized carbons (Fsp3) is 0. The summed E-state index contributed by atoms with van der Waals surface area (Å²) in [5, 5.41) is 17.6. The molecular formula is C8H3BrClNO2. The van der Waals surface area contributed by atoms with E-state index in [1.807, 2.05) is 0 Å². The highest BCUT2D eigenvalue weighted by Gasteiger charge is 2.13. The zero-order valence-electron chi connectivity index (χ0n) is 6.21. The number of carboxylic acids is 1. The van der Waals surface area contributed by atoms with Crippen molar-refractivity contribution in [1.29, 1.82) is 5.26 Å². The van der Waals surface area contributed by atoms with Gasteiger partial charge in [0, 0.05) is 9.50 Å². The molecule has 0 heterocycles. The Labute approximate surface area is 87.7 Å². The van der Waals surface area contributed by atoms with E-state index in [1.165, 1.54) is 12.1 Å². The van der Waals surface area contributed by atoms with Crippen LogP contribution >= 0.6 is 27.5 Å². The summed E-state index contributed by atoms with van der Waals surface area (Å²) < 4.78 is 0.389. The van der Waals surface area contributed by atoms with Crippen LogP contribution in [-0.2, 0) is 0 Å². The molecule has 0 aliphatic heterocycles. The SMILES string of the molecule is N#Cc1c(Br)cc(Cl)cc1C(=O)O. The fourth-order valence-corrected chi connectivity index (χ4v) is 1.75. The van der Waals surface area contributed by atoms with Crippen molar-refractivity contribution in [3.63, 3.8) is 0 Å². The summed E-state index contributed by atoms with van der Waals surface area (Å²) in [5.74, 6) is -1.17. The summed E-state index contributed by atoms with van der Waals surface area (Å²) in [6.45, 7) is 0. The quantitative estimate of drug-likeness (QED) is 0.844. The maximum absolute atomic E-state index is 10.7. The van der Waals surface area contributed by atoms with Gasteiger partial charge in [0.1, 0.15) is 6.07 Å². The Balaban J connectivity index is 3.50. The normalized spacial score (nSPS) is 9.31. The van der Waals surface area contributed by atoms with E-state index in [1.54, 1.807) is 6.07 Å². The molecule has 0 atom stereocenters. The van der Waals surface area contributed by atoms with Crippen molar-refractivity contribution < 1.29 is 9.90 Å². The number of hydrogen-bond acceptors (Lipinski definition) is 2. The Bertz CT molecular complexity index is 411. The molecule has 3 nitrogen and oxygen atoms in total. The lowest BCUT2D eigenvalue weighted by molar-refractivity contribution is 0.0696. The molecule has 0 saturated heterocycles. The van der Waals surface area contributed by atoms with Crippen LogP contribution in [0.5, 0.6) is 0 Å². The van der Waals surface area contributed by atoms with Crippen LogP contribution in [0, 0.1) is 11.3 Å². The van der Waals surface area contributed by atoms with E-state index >= 15 is 0 Å². The van der Waals surface area contributed by atoms with Crippen molar-refractivity contribution >= 4 is 33.5 Å². The molecule has 0 aliphatic rings. The first-order valence-corrected chi connectivity index (χ1v) is 4.35. The third kappa shape index (κ3) is 2.00. The van der Waals surface area contributed by atoms with E-state index < -0.39 is 5.97 Å². The highest BCUT2D eigenvalue weighted by atomic mass is 79.9. The average Bonchev–Trinajstić information content (AvgIpc) is 2.02. The van der Waals surface area contributed by atoms with E-state index in [-0.39, 0.29) is 16.1 Å². The second-order valence-corrected chi connectivity index (χ2v) is 3.52. The molecule has 1 aromatic carbocycles. The molecule has 0 unspecified atom stereocenters. The van der Waals surface area contributed by atoms with Gasteiger partial charge in [0.05, 0.1) is 11.1 Å². The first-order valence-electron chi connectivity index (χ1n) is 3.18. The second kappa shape index (κ2) is 3.77. The van der Waals surface area contributed by atoms with Crippen molar-refractivity contribution in [3.05, 3.63) is 32.8 Å². The van der Waals surface area contributed by atoms with Crippen LogP contribution in [0.3, 0.4) is 0 Å². The molecule has 1 rings (SSSR count). The Morgan fingerprint density at radius 1 is 1.62 bits per heavy atom. The van der Waals surface area contributed by atoms with Gasteiger partial charge >= 0.3 is 5.97 Å². The Hall–Kier alpha value is -1.05. The molecule has 0 amide bonds. The minimum absolute atomic E-state index is 0.0805. The fourth-order valence-electron chi connectivity index (χ4n) is 0.856. The molecule has 0 aliphatic carbocycles. The van der Waals surface area contributed by atoms with E-state index in [9.17, 15) is 4.79 Å². The summed E-state index contributed by atoms with van der Waals surface area (Å²) in [4.78, 5) is 10.7. The van der Waals surface area contributed by atoms with E-state index in [0.717, 1.165) is 0 Å².